The van der Waals surface area contributed by atoms with Crippen molar-refractivity contribution < 1.29 is 18.9 Å². The van der Waals surface area contributed by atoms with Crippen molar-refractivity contribution in [3.05, 3.63) is 0 Å². The van der Waals surface area contributed by atoms with Gasteiger partial charge in [-0.2, -0.15) is 0 Å². The van der Waals surface area contributed by atoms with Crippen LogP contribution in [-0.2, 0) is 18.9 Å². The minimum absolute atomic E-state index is 0.175. The predicted molar refractivity (Wildman–Crippen MR) is 89.9 cm³/mol. The zero-order valence-corrected chi connectivity index (χ0v) is 15.2. The normalized spacial score (nSPS) is 29.1. The van der Waals surface area contributed by atoms with Gasteiger partial charge >= 0.3 is 0 Å². The molecule has 0 amide bonds. The van der Waals surface area contributed by atoms with Crippen molar-refractivity contribution in [2.24, 2.45) is 0 Å². The zero-order valence-electron chi connectivity index (χ0n) is 15.2. The summed E-state index contributed by atoms with van der Waals surface area (Å²) in [6, 6.07) is 0. The van der Waals surface area contributed by atoms with E-state index in [0.717, 1.165) is 45.9 Å². The molecule has 136 valence electrons. The van der Waals surface area contributed by atoms with Crippen LogP contribution in [0.4, 0.5) is 0 Å². The third kappa shape index (κ3) is 7.45. The second-order valence-corrected chi connectivity index (χ2v) is 7.03. The molecule has 0 spiro atoms. The number of hydrogen-bond acceptors (Lipinski definition) is 6. The van der Waals surface area contributed by atoms with E-state index in [1.165, 1.54) is 0 Å². The molecule has 23 heavy (non-hydrogen) atoms. The minimum atomic E-state index is 0.175. The Balaban J connectivity index is 1.62. The third-order valence-corrected chi connectivity index (χ3v) is 4.26. The fourth-order valence-corrected chi connectivity index (χ4v) is 3.00. The fourth-order valence-electron chi connectivity index (χ4n) is 3.00. The maximum Gasteiger partial charge on any atom is 0.0935 e. The second-order valence-electron chi connectivity index (χ2n) is 7.03. The first-order valence-electron chi connectivity index (χ1n) is 8.90. The van der Waals surface area contributed by atoms with Crippen LogP contribution >= 0.6 is 0 Å². The number of rotatable bonds is 8. The molecule has 6 heteroatoms. The molecule has 3 atom stereocenters. The molecule has 0 N–H and O–H groups in total. The molecule has 2 heterocycles. The molecule has 0 aromatic heterocycles. The van der Waals surface area contributed by atoms with Crippen molar-refractivity contribution in [3.63, 3.8) is 0 Å². The smallest absolute Gasteiger partial charge is 0.0935 e. The van der Waals surface area contributed by atoms with Gasteiger partial charge in [0.2, 0.25) is 0 Å². The van der Waals surface area contributed by atoms with Crippen LogP contribution in [0.3, 0.4) is 0 Å². The first-order chi connectivity index (χ1) is 11.0. The molecule has 0 radical (unpaired) electrons. The third-order valence-electron chi connectivity index (χ3n) is 4.26. The van der Waals surface area contributed by atoms with E-state index in [0.29, 0.717) is 13.2 Å². The second kappa shape index (κ2) is 9.91. The van der Waals surface area contributed by atoms with E-state index in [4.69, 9.17) is 18.9 Å². The molecule has 6 nitrogen and oxygen atoms in total. The highest BCUT2D eigenvalue weighted by Gasteiger charge is 2.23. The first-order valence-corrected chi connectivity index (χ1v) is 8.90. The Morgan fingerprint density at radius 2 is 1.61 bits per heavy atom. The van der Waals surface area contributed by atoms with E-state index >= 15 is 0 Å². The fraction of sp³-hybridized carbons (Fsp3) is 1.00. The summed E-state index contributed by atoms with van der Waals surface area (Å²) in [5.41, 5.74) is 0. The number of morpholine rings is 2. The van der Waals surface area contributed by atoms with Crippen molar-refractivity contribution in [2.75, 3.05) is 66.2 Å². The van der Waals surface area contributed by atoms with Crippen LogP contribution in [0, 0.1) is 0 Å². The monoisotopic (exact) mass is 330 g/mol. The lowest BCUT2D eigenvalue weighted by Gasteiger charge is -2.35. The number of likely N-dealkylation sites (N-methyl/N-ethyl adjacent to an activating group) is 1. The van der Waals surface area contributed by atoms with E-state index in [1.54, 1.807) is 0 Å². The quantitative estimate of drug-likeness (QED) is 0.657. The molecule has 0 saturated carbocycles. The minimum Gasteiger partial charge on any atom is -0.376 e. The average molecular weight is 330 g/mol. The number of nitrogens with zero attached hydrogens (tertiary/aromatic N) is 2. The Bertz CT molecular complexity index is 330. The zero-order chi connectivity index (χ0) is 16.7. The standard InChI is InChI=1S/C17H34N2O4/c1-14(2)22-12-17-11-19(6-8-21-17)9-15(3)23-13-16-10-18(4)5-7-20-16/h14-17H,5-13H2,1-4H3. The summed E-state index contributed by atoms with van der Waals surface area (Å²) < 4.78 is 23.2. The van der Waals surface area contributed by atoms with Crippen molar-refractivity contribution >= 4 is 0 Å². The molecule has 0 aromatic rings. The molecule has 2 saturated heterocycles. The van der Waals surface area contributed by atoms with Crippen molar-refractivity contribution in [1.82, 2.24) is 9.80 Å². The molecule has 2 aliphatic heterocycles. The highest BCUT2D eigenvalue weighted by atomic mass is 16.5. The summed E-state index contributed by atoms with van der Waals surface area (Å²) in [6.45, 7) is 14.0. The molecule has 0 aromatic carbocycles. The van der Waals surface area contributed by atoms with Gasteiger partial charge in [-0.1, -0.05) is 0 Å². The van der Waals surface area contributed by atoms with Gasteiger partial charge in [0, 0.05) is 32.7 Å². The lowest BCUT2D eigenvalue weighted by atomic mass is 10.2. The maximum absolute atomic E-state index is 6.00. The van der Waals surface area contributed by atoms with E-state index in [2.05, 4.69) is 37.6 Å². The van der Waals surface area contributed by atoms with Gasteiger partial charge in [0.1, 0.15) is 0 Å². The van der Waals surface area contributed by atoms with Gasteiger partial charge in [0.05, 0.1) is 50.8 Å². The SMILES string of the molecule is CC(C)OCC1CN(CC(C)OCC2CN(C)CCO2)CCO1. The lowest BCUT2D eigenvalue weighted by Crippen LogP contribution is -2.48. The molecule has 2 aliphatic rings. The van der Waals surface area contributed by atoms with Crippen LogP contribution in [0.2, 0.25) is 0 Å². The highest BCUT2D eigenvalue weighted by Crippen LogP contribution is 2.10. The first kappa shape index (κ1) is 19.1. The van der Waals surface area contributed by atoms with E-state index in [9.17, 15) is 0 Å². The topological polar surface area (TPSA) is 43.4 Å². The summed E-state index contributed by atoms with van der Waals surface area (Å²) in [5.74, 6) is 0. The van der Waals surface area contributed by atoms with Crippen molar-refractivity contribution in [2.45, 2.75) is 45.2 Å². The van der Waals surface area contributed by atoms with Crippen LogP contribution in [0.5, 0.6) is 0 Å². The number of hydrogen-bond donors (Lipinski definition) is 0. The Hall–Kier alpha value is -0.240. The summed E-state index contributed by atoms with van der Waals surface area (Å²) in [6.07, 6.45) is 0.835. The lowest BCUT2D eigenvalue weighted by molar-refractivity contribution is -0.101. The van der Waals surface area contributed by atoms with Crippen LogP contribution < -0.4 is 0 Å². The van der Waals surface area contributed by atoms with Crippen LogP contribution in [0.15, 0.2) is 0 Å². The van der Waals surface area contributed by atoms with E-state index in [-0.39, 0.29) is 24.4 Å². The molecule has 3 unspecified atom stereocenters. The van der Waals surface area contributed by atoms with Crippen molar-refractivity contribution in [3.8, 4) is 0 Å². The maximum atomic E-state index is 6.00. The summed E-state index contributed by atoms with van der Waals surface area (Å²) in [7, 11) is 2.13. The Morgan fingerprint density at radius 3 is 2.30 bits per heavy atom. The van der Waals surface area contributed by atoms with Gasteiger partial charge in [-0.15, -0.1) is 0 Å². The van der Waals surface area contributed by atoms with E-state index in [1.807, 2.05) is 0 Å². The van der Waals surface area contributed by atoms with E-state index < -0.39 is 0 Å². The van der Waals surface area contributed by atoms with Gasteiger partial charge in [-0.05, 0) is 27.8 Å². The Morgan fingerprint density at radius 1 is 0.957 bits per heavy atom. The van der Waals surface area contributed by atoms with Crippen LogP contribution in [0.25, 0.3) is 0 Å². The van der Waals surface area contributed by atoms with Gasteiger partial charge in [0.25, 0.3) is 0 Å². The summed E-state index contributed by atoms with van der Waals surface area (Å²) in [4.78, 5) is 4.71. The van der Waals surface area contributed by atoms with Crippen LogP contribution in [-0.4, -0.2) is 100 Å². The summed E-state index contributed by atoms with van der Waals surface area (Å²) in [5, 5.41) is 0. The van der Waals surface area contributed by atoms with Gasteiger partial charge in [-0.3, -0.25) is 4.90 Å². The van der Waals surface area contributed by atoms with Crippen LogP contribution in [0.1, 0.15) is 20.8 Å². The molecule has 2 fully saturated rings. The summed E-state index contributed by atoms with van der Waals surface area (Å²) >= 11 is 0. The predicted octanol–water partition coefficient (Wildman–Crippen LogP) is 0.848. The van der Waals surface area contributed by atoms with Gasteiger partial charge in [-0.25, -0.2) is 0 Å². The Labute approximate surface area is 141 Å². The van der Waals surface area contributed by atoms with Crippen molar-refractivity contribution in [1.29, 1.82) is 0 Å². The molecule has 2 rings (SSSR count). The average Bonchev–Trinajstić information content (AvgIpc) is 2.51. The largest absolute Gasteiger partial charge is 0.376 e. The molecular weight excluding hydrogens is 296 g/mol. The van der Waals surface area contributed by atoms with Gasteiger partial charge in [0.15, 0.2) is 0 Å². The molecule has 0 bridgehead atoms. The number of ether oxygens (including phenoxy) is 4. The molecule has 0 aliphatic carbocycles. The van der Waals surface area contributed by atoms with Gasteiger partial charge < -0.3 is 23.8 Å². The highest BCUT2D eigenvalue weighted by molar-refractivity contribution is 4.74. The Kier molecular flexibility index (Phi) is 8.23. The molecular formula is C17H34N2O4.